The summed E-state index contributed by atoms with van der Waals surface area (Å²) in [6, 6.07) is 23.3. The number of amides is 1. The second-order valence-corrected chi connectivity index (χ2v) is 8.19. The molecule has 0 radical (unpaired) electrons. The molecule has 1 N–H and O–H groups in total. The first kappa shape index (κ1) is 22.4. The van der Waals surface area contributed by atoms with Crippen LogP contribution < -0.4 is 15.0 Å². The molecule has 170 valence electrons. The van der Waals surface area contributed by atoms with Gasteiger partial charge in [-0.25, -0.2) is 4.99 Å². The molecule has 33 heavy (non-hydrogen) atoms. The summed E-state index contributed by atoms with van der Waals surface area (Å²) in [5.74, 6) is 1.02. The highest BCUT2D eigenvalue weighted by molar-refractivity contribution is 6.06. The lowest BCUT2D eigenvalue weighted by Gasteiger charge is -2.38. The summed E-state index contributed by atoms with van der Waals surface area (Å²) in [6.45, 7) is 7.45. The molecule has 1 heterocycles. The van der Waals surface area contributed by atoms with Crippen molar-refractivity contribution in [3.8, 4) is 5.75 Å². The van der Waals surface area contributed by atoms with Crippen molar-refractivity contribution in [3.63, 3.8) is 0 Å². The molecular weight excluding hydrogens is 412 g/mol. The number of guanidine groups is 1. The minimum Gasteiger partial charge on any atom is -0.494 e. The summed E-state index contributed by atoms with van der Waals surface area (Å²) < 4.78 is 5.48. The number of hydrogen-bond donors (Lipinski definition) is 1. The van der Waals surface area contributed by atoms with Crippen molar-refractivity contribution < 1.29 is 9.53 Å². The summed E-state index contributed by atoms with van der Waals surface area (Å²) in [5, 5.41) is 3.04. The summed E-state index contributed by atoms with van der Waals surface area (Å²) in [4.78, 5) is 22.3. The highest BCUT2D eigenvalue weighted by Gasteiger charge is 2.23. The molecule has 1 amide bonds. The molecule has 0 aliphatic carbocycles. The second kappa shape index (κ2) is 10.2. The van der Waals surface area contributed by atoms with Gasteiger partial charge in [0.2, 0.25) is 5.96 Å². The number of aryl methyl sites for hydroxylation is 2. The van der Waals surface area contributed by atoms with E-state index in [9.17, 15) is 4.79 Å². The van der Waals surface area contributed by atoms with Crippen LogP contribution in [0, 0.1) is 13.8 Å². The van der Waals surface area contributed by atoms with Crippen molar-refractivity contribution in [1.29, 1.82) is 0 Å². The van der Waals surface area contributed by atoms with Gasteiger partial charge in [-0.2, -0.15) is 0 Å². The number of carbonyl (C=O) groups excluding carboxylic acids is 1. The van der Waals surface area contributed by atoms with Crippen molar-refractivity contribution in [2.75, 3.05) is 38.2 Å². The molecule has 1 aliphatic heterocycles. The molecule has 0 unspecified atom stereocenters. The number of piperazine rings is 1. The van der Waals surface area contributed by atoms with Crippen LogP contribution in [0.1, 0.15) is 21.5 Å². The first-order valence-corrected chi connectivity index (χ1v) is 11.2. The maximum atomic E-state index is 13.0. The van der Waals surface area contributed by atoms with E-state index < -0.39 is 0 Å². The van der Waals surface area contributed by atoms with Gasteiger partial charge in [-0.05, 0) is 55.3 Å². The van der Waals surface area contributed by atoms with E-state index in [0.29, 0.717) is 23.0 Å². The normalized spacial score (nSPS) is 14.2. The first-order valence-electron chi connectivity index (χ1n) is 11.2. The third kappa shape index (κ3) is 5.34. The Kier molecular flexibility index (Phi) is 6.93. The quantitative estimate of drug-likeness (QED) is 0.476. The Morgan fingerprint density at radius 1 is 0.909 bits per heavy atom. The van der Waals surface area contributed by atoms with Crippen molar-refractivity contribution in [2.45, 2.75) is 13.8 Å². The fourth-order valence-electron chi connectivity index (χ4n) is 4.00. The number of hydrogen-bond acceptors (Lipinski definition) is 4. The van der Waals surface area contributed by atoms with E-state index in [1.807, 2.05) is 42.5 Å². The number of ether oxygens (including phenoxy) is 1. The van der Waals surface area contributed by atoms with E-state index in [4.69, 9.17) is 9.73 Å². The fourth-order valence-corrected chi connectivity index (χ4v) is 4.00. The number of anilines is 1. The molecule has 0 aromatic heterocycles. The Morgan fingerprint density at radius 3 is 2.33 bits per heavy atom. The highest BCUT2D eigenvalue weighted by atomic mass is 16.5. The molecule has 1 saturated heterocycles. The Hall–Kier alpha value is -3.80. The zero-order chi connectivity index (χ0) is 23.2. The van der Waals surface area contributed by atoms with Crippen LogP contribution in [0.3, 0.4) is 0 Å². The molecule has 1 aliphatic rings. The molecule has 4 rings (SSSR count). The van der Waals surface area contributed by atoms with Crippen molar-refractivity contribution in [2.24, 2.45) is 4.99 Å². The van der Waals surface area contributed by atoms with Gasteiger partial charge in [-0.3, -0.25) is 10.1 Å². The van der Waals surface area contributed by atoms with Crippen LogP contribution in [0.4, 0.5) is 11.4 Å². The zero-order valence-corrected chi connectivity index (χ0v) is 19.4. The average molecular weight is 443 g/mol. The van der Waals surface area contributed by atoms with Crippen molar-refractivity contribution in [1.82, 2.24) is 10.2 Å². The van der Waals surface area contributed by atoms with Gasteiger partial charge in [0.05, 0.1) is 7.11 Å². The van der Waals surface area contributed by atoms with Gasteiger partial charge >= 0.3 is 0 Å². The predicted octanol–water partition coefficient (Wildman–Crippen LogP) is 4.55. The van der Waals surface area contributed by atoms with E-state index in [1.165, 1.54) is 16.8 Å². The first-order chi connectivity index (χ1) is 16.0. The topological polar surface area (TPSA) is 57.2 Å². The predicted molar refractivity (Wildman–Crippen MR) is 134 cm³/mol. The number of rotatable bonds is 4. The largest absolute Gasteiger partial charge is 0.494 e. The molecule has 1 fully saturated rings. The summed E-state index contributed by atoms with van der Waals surface area (Å²) in [5.41, 5.74) is 5.08. The molecule has 3 aromatic carbocycles. The minimum atomic E-state index is -0.179. The summed E-state index contributed by atoms with van der Waals surface area (Å²) in [7, 11) is 1.62. The van der Waals surface area contributed by atoms with E-state index in [1.54, 1.807) is 19.2 Å². The number of nitrogens with one attached hydrogen (secondary N) is 1. The van der Waals surface area contributed by atoms with Crippen molar-refractivity contribution in [3.05, 3.63) is 89.5 Å². The molecular formula is C27H30N4O2. The maximum absolute atomic E-state index is 13.0. The van der Waals surface area contributed by atoms with Gasteiger partial charge in [0.15, 0.2) is 0 Å². The van der Waals surface area contributed by atoms with E-state index in [2.05, 4.69) is 47.2 Å². The smallest absolute Gasteiger partial charge is 0.257 e. The average Bonchev–Trinajstić information content (AvgIpc) is 2.86. The monoisotopic (exact) mass is 442 g/mol. The van der Waals surface area contributed by atoms with Crippen LogP contribution in [0.25, 0.3) is 0 Å². The minimum absolute atomic E-state index is 0.179. The molecule has 6 heteroatoms. The third-order valence-corrected chi connectivity index (χ3v) is 5.86. The molecule has 0 spiro atoms. The van der Waals surface area contributed by atoms with Gasteiger partial charge in [-0.15, -0.1) is 0 Å². The van der Waals surface area contributed by atoms with Crippen LogP contribution in [0.15, 0.2) is 77.8 Å². The third-order valence-electron chi connectivity index (χ3n) is 5.86. The molecule has 0 bridgehead atoms. The number of carbonyl (C=O) groups is 1. The lowest BCUT2D eigenvalue weighted by molar-refractivity contribution is 0.0971. The maximum Gasteiger partial charge on any atom is 0.257 e. The van der Waals surface area contributed by atoms with Crippen LogP contribution in [-0.2, 0) is 0 Å². The van der Waals surface area contributed by atoms with Crippen LogP contribution in [0.5, 0.6) is 5.75 Å². The van der Waals surface area contributed by atoms with Gasteiger partial charge < -0.3 is 14.5 Å². The van der Waals surface area contributed by atoms with Crippen LogP contribution in [-0.4, -0.2) is 50.1 Å². The molecule has 3 aromatic rings. The van der Waals surface area contributed by atoms with Gasteiger partial charge in [-0.1, -0.05) is 42.5 Å². The second-order valence-electron chi connectivity index (χ2n) is 8.19. The summed E-state index contributed by atoms with van der Waals surface area (Å²) >= 11 is 0. The standard InChI is InChI=1S/C27H30N4O2/c1-20-13-14-21(2)24(19-20)30-15-17-31(18-16-30)27(28-23-11-7-8-12-25(23)33-3)29-26(32)22-9-5-4-6-10-22/h4-14,19H,15-18H2,1-3H3,(H,28,29,32). The fraction of sp³-hybridized carbons (Fsp3) is 0.259. The van der Waals surface area contributed by atoms with Gasteiger partial charge in [0, 0.05) is 37.4 Å². The highest BCUT2D eigenvalue weighted by Crippen LogP contribution is 2.27. The van der Waals surface area contributed by atoms with Crippen molar-refractivity contribution >= 4 is 23.2 Å². The SMILES string of the molecule is COc1ccccc1N=C(NC(=O)c1ccccc1)N1CCN(c2cc(C)ccc2C)CC1. The zero-order valence-electron chi connectivity index (χ0n) is 19.4. The Morgan fingerprint density at radius 2 is 1.61 bits per heavy atom. The lowest BCUT2D eigenvalue weighted by Crippen LogP contribution is -2.53. The number of aliphatic imine (C=N–C) groups is 1. The van der Waals surface area contributed by atoms with Crippen LogP contribution >= 0.6 is 0 Å². The number of para-hydroxylation sites is 2. The summed E-state index contributed by atoms with van der Waals surface area (Å²) in [6.07, 6.45) is 0. The molecule has 0 saturated carbocycles. The lowest BCUT2D eigenvalue weighted by atomic mass is 10.1. The van der Waals surface area contributed by atoms with Gasteiger partial charge in [0.25, 0.3) is 5.91 Å². The Labute approximate surface area is 195 Å². The Bertz CT molecular complexity index is 1140. The van der Waals surface area contributed by atoms with E-state index in [0.717, 1.165) is 26.2 Å². The number of nitrogens with zero attached hydrogens (tertiary/aromatic N) is 3. The molecule has 6 nitrogen and oxygen atoms in total. The van der Waals surface area contributed by atoms with E-state index >= 15 is 0 Å². The van der Waals surface area contributed by atoms with Gasteiger partial charge in [0.1, 0.15) is 11.4 Å². The Balaban J connectivity index is 1.58. The number of methoxy groups -OCH3 is 1. The van der Waals surface area contributed by atoms with Crippen LogP contribution in [0.2, 0.25) is 0 Å². The number of benzene rings is 3. The molecule has 0 atom stereocenters. The van der Waals surface area contributed by atoms with E-state index in [-0.39, 0.29) is 5.91 Å².